The van der Waals surface area contributed by atoms with Gasteiger partial charge in [-0.05, 0) is 43.7 Å². The molecular formula is C22H25N5O4S2. The molecule has 3 aromatic heterocycles. The van der Waals surface area contributed by atoms with Crippen LogP contribution in [-0.2, 0) is 14.6 Å². The maximum absolute atomic E-state index is 13.7. The summed E-state index contributed by atoms with van der Waals surface area (Å²) in [7, 11) is -3.11. The third-order valence-electron chi connectivity index (χ3n) is 6.58. The van der Waals surface area contributed by atoms with Gasteiger partial charge < -0.3 is 10.6 Å². The van der Waals surface area contributed by atoms with Crippen LogP contribution in [0.4, 0.5) is 0 Å². The average Bonchev–Trinajstić information content (AvgIpc) is 3.52. The lowest BCUT2D eigenvalue weighted by molar-refractivity contribution is -0.123. The van der Waals surface area contributed by atoms with Gasteiger partial charge in [0.05, 0.1) is 44.8 Å². The number of piperidine rings is 1. The summed E-state index contributed by atoms with van der Waals surface area (Å²) in [6, 6.07) is 5.38. The molecule has 174 valence electrons. The number of likely N-dealkylation sites (tertiary alicyclic amines) is 1. The Kier molecular flexibility index (Phi) is 5.48. The number of carbonyl (C=O) groups is 2. The van der Waals surface area contributed by atoms with Gasteiger partial charge in [-0.3, -0.25) is 9.59 Å². The van der Waals surface area contributed by atoms with E-state index in [-0.39, 0.29) is 35.3 Å². The summed E-state index contributed by atoms with van der Waals surface area (Å²) in [6.07, 6.45) is 1.57. The van der Waals surface area contributed by atoms with Crippen molar-refractivity contribution in [2.24, 2.45) is 11.7 Å². The van der Waals surface area contributed by atoms with E-state index in [4.69, 9.17) is 10.7 Å². The topological polar surface area (TPSA) is 128 Å². The molecule has 1 unspecified atom stereocenters. The molecule has 33 heavy (non-hydrogen) atoms. The highest BCUT2D eigenvalue weighted by molar-refractivity contribution is 7.91. The molecule has 0 aromatic carbocycles. The summed E-state index contributed by atoms with van der Waals surface area (Å²) in [6.45, 7) is 2.74. The Morgan fingerprint density at radius 2 is 1.97 bits per heavy atom. The van der Waals surface area contributed by atoms with Crippen molar-refractivity contribution < 1.29 is 18.0 Å². The van der Waals surface area contributed by atoms with Gasteiger partial charge in [0.2, 0.25) is 5.91 Å². The number of rotatable bonds is 4. The van der Waals surface area contributed by atoms with E-state index >= 15 is 0 Å². The van der Waals surface area contributed by atoms with Gasteiger partial charge in [-0.15, -0.1) is 11.3 Å². The van der Waals surface area contributed by atoms with Crippen molar-refractivity contribution in [1.82, 2.24) is 19.7 Å². The first kappa shape index (κ1) is 22.0. The molecule has 0 saturated carbocycles. The number of hydrogen-bond donors (Lipinski definition) is 1. The summed E-state index contributed by atoms with van der Waals surface area (Å²) < 4.78 is 25.9. The van der Waals surface area contributed by atoms with E-state index in [1.54, 1.807) is 15.6 Å². The smallest absolute Gasteiger partial charge is 0.254 e. The molecule has 0 aliphatic carbocycles. The lowest BCUT2D eigenvalue weighted by atomic mass is 9.95. The first-order valence-electron chi connectivity index (χ1n) is 11.0. The largest absolute Gasteiger partial charge is 0.369 e. The maximum atomic E-state index is 13.7. The number of sulfone groups is 1. The lowest BCUT2D eigenvalue weighted by Crippen LogP contribution is -2.41. The summed E-state index contributed by atoms with van der Waals surface area (Å²) in [5.41, 5.74) is 7.80. The van der Waals surface area contributed by atoms with E-state index < -0.39 is 9.84 Å². The molecule has 5 rings (SSSR count). The summed E-state index contributed by atoms with van der Waals surface area (Å²) >= 11 is 1.52. The van der Waals surface area contributed by atoms with Crippen molar-refractivity contribution in [1.29, 1.82) is 0 Å². The van der Waals surface area contributed by atoms with E-state index in [0.29, 0.717) is 60.3 Å². The summed E-state index contributed by atoms with van der Waals surface area (Å²) in [4.78, 5) is 32.7. The van der Waals surface area contributed by atoms with E-state index in [0.717, 1.165) is 4.88 Å². The number of aryl methyl sites for hydroxylation is 1. The number of hydrogen-bond acceptors (Lipinski definition) is 7. The highest BCUT2D eigenvalue weighted by Crippen LogP contribution is 2.34. The van der Waals surface area contributed by atoms with Crippen LogP contribution in [0.5, 0.6) is 0 Å². The first-order valence-corrected chi connectivity index (χ1v) is 13.7. The second kappa shape index (κ2) is 8.21. The zero-order valence-electron chi connectivity index (χ0n) is 18.2. The number of carbonyl (C=O) groups excluding carboxylic acids is 2. The SMILES string of the molecule is Cc1nn(C2CCS(=O)(=O)C2)c2nc(-c3cccs3)cc(C(=O)N3CCC(C(N)=O)CC3)c12. The van der Waals surface area contributed by atoms with E-state index in [1.165, 1.54) is 11.3 Å². The normalized spacial score (nSPS) is 21.0. The number of thiophene rings is 1. The molecule has 2 fully saturated rings. The Balaban J connectivity index is 1.60. The van der Waals surface area contributed by atoms with Crippen molar-refractivity contribution in [2.75, 3.05) is 24.6 Å². The van der Waals surface area contributed by atoms with Crippen molar-refractivity contribution >= 4 is 44.0 Å². The van der Waals surface area contributed by atoms with E-state index in [9.17, 15) is 18.0 Å². The van der Waals surface area contributed by atoms with Gasteiger partial charge in [-0.25, -0.2) is 18.1 Å². The fraction of sp³-hybridized carbons (Fsp3) is 0.455. The minimum absolute atomic E-state index is 0.0258. The molecule has 0 spiro atoms. The van der Waals surface area contributed by atoms with Crippen LogP contribution in [0, 0.1) is 12.8 Å². The molecule has 1 atom stereocenters. The average molecular weight is 488 g/mol. The quantitative estimate of drug-likeness (QED) is 0.601. The van der Waals surface area contributed by atoms with Gasteiger partial charge in [0, 0.05) is 19.0 Å². The van der Waals surface area contributed by atoms with Crippen LogP contribution in [0.1, 0.15) is 41.4 Å². The van der Waals surface area contributed by atoms with Gasteiger partial charge in [-0.2, -0.15) is 5.10 Å². The fourth-order valence-corrected chi connectivity index (χ4v) is 7.17. The molecule has 0 radical (unpaired) electrons. The standard InChI is InChI=1S/C22H25N5O4S2/c1-13-19-16(22(29)26-7-4-14(5-8-26)20(23)28)11-17(18-3-2-9-32-18)24-21(19)27(25-13)15-6-10-33(30,31)12-15/h2-3,9,11,14-15H,4-8,10,12H2,1H3,(H2,23,28). The number of amides is 2. The predicted octanol–water partition coefficient (Wildman–Crippen LogP) is 2.17. The molecule has 0 bridgehead atoms. The molecule has 5 heterocycles. The highest BCUT2D eigenvalue weighted by Gasteiger charge is 2.34. The number of fused-ring (bicyclic) bond motifs is 1. The number of pyridine rings is 1. The molecule has 11 heteroatoms. The Labute approximate surface area is 195 Å². The van der Waals surface area contributed by atoms with E-state index in [2.05, 4.69) is 5.10 Å². The van der Waals surface area contributed by atoms with Crippen LogP contribution in [0.3, 0.4) is 0 Å². The third-order valence-corrected chi connectivity index (χ3v) is 9.22. The van der Waals surface area contributed by atoms with Crippen LogP contribution in [-0.4, -0.2) is 64.5 Å². The van der Waals surface area contributed by atoms with Gasteiger partial charge in [0.25, 0.3) is 5.91 Å². The van der Waals surface area contributed by atoms with Crippen LogP contribution in [0.15, 0.2) is 23.6 Å². The molecule has 2 N–H and O–H groups in total. The minimum Gasteiger partial charge on any atom is -0.369 e. The first-order chi connectivity index (χ1) is 15.7. The molecular weight excluding hydrogens is 462 g/mol. The van der Waals surface area contributed by atoms with Crippen LogP contribution < -0.4 is 5.73 Å². The van der Waals surface area contributed by atoms with Crippen LogP contribution in [0.2, 0.25) is 0 Å². The fourth-order valence-electron chi connectivity index (χ4n) is 4.79. The second-order valence-corrected chi connectivity index (χ2v) is 12.0. The van der Waals surface area contributed by atoms with Crippen molar-refractivity contribution in [3.8, 4) is 10.6 Å². The monoisotopic (exact) mass is 487 g/mol. The molecule has 2 amide bonds. The molecule has 2 saturated heterocycles. The van der Waals surface area contributed by atoms with Gasteiger partial charge >= 0.3 is 0 Å². The number of nitrogens with zero attached hydrogens (tertiary/aromatic N) is 4. The predicted molar refractivity (Wildman–Crippen MR) is 126 cm³/mol. The Hall–Kier alpha value is -2.79. The minimum atomic E-state index is -3.11. The summed E-state index contributed by atoms with van der Waals surface area (Å²) in [5, 5.41) is 7.25. The third kappa shape index (κ3) is 4.04. The second-order valence-electron chi connectivity index (χ2n) is 8.79. The Bertz CT molecular complexity index is 1340. The zero-order chi connectivity index (χ0) is 23.3. The Morgan fingerprint density at radius 3 is 2.58 bits per heavy atom. The Morgan fingerprint density at radius 1 is 1.21 bits per heavy atom. The van der Waals surface area contributed by atoms with Gasteiger partial charge in [0.15, 0.2) is 15.5 Å². The van der Waals surface area contributed by atoms with Crippen LogP contribution >= 0.6 is 11.3 Å². The molecule has 2 aliphatic heterocycles. The zero-order valence-corrected chi connectivity index (χ0v) is 19.9. The molecule has 9 nitrogen and oxygen atoms in total. The van der Waals surface area contributed by atoms with Crippen molar-refractivity contribution in [3.05, 3.63) is 34.8 Å². The van der Waals surface area contributed by atoms with Gasteiger partial charge in [0.1, 0.15) is 0 Å². The number of nitrogens with two attached hydrogens (primary N) is 1. The highest BCUT2D eigenvalue weighted by atomic mass is 32.2. The van der Waals surface area contributed by atoms with E-state index in [1.807, 2.05) is 24.4 Å². The number of aromatic nitrogens is 3. The van der Waals surface area contributed by atoms with Crippen molar-refractivity contribution in [2.45, 2.75) is 32.2 Å². The molecule has 3 aromatic rings. The van der Waals surface area contributed by atoms with Crippen molar-refractivity contribution in [3.63, 3.8) is 0 Å². The lowest BCUT2D eigenvalue weighted by Gasteiger charge is -2.30. The van der Waals surface area contributed by atoms with Gasteiger partial charge in [-0.1, -0.05) is 6.07 Å². The number of primary amides is 1. The van der Waals surface area contributed by atoms with Crippen LogP contribution in [0.25, 0.3) is 21.6 Å². The summed E-state index contributed by atoms with van der Waals surface area (Å²) in [5.74, 6) is -0.509. The molecule has 2 aliphatic rings. The maximum Gasteiger partial charge on any atom is 0.254 e.